The molecule has 1 saturated carbocycles. The molecule has 0 aliphatic heterocycles. The molecule has 1 aromatic carbocycles. The summed E-state index contributed by atoms with van der Waals surface area (Å²) in [5.74, 6) is 0.542. The Kier molecular flexibility index (Phi) is 4.37. The molecule has 0 spiro atoms. The van der Waals surface area contributed by atoms with Gasteiger partial charge in [0.05, 0.1) is 5.92 Å². The van der Waals surface area contributed by atoms with Crippen LogP contribution in [0.4, 0.5) is 11.4 Å². The third-order valence-electron chi connectivity index (χ3n) is 4.65. The maximum absolute atomic E-state index is 12.6. The number of nitrogens with zero attached hydrogens (tertiary/aromatic N) is 1. The molecule has 120 valence electrons. The molecule has 3 heteroatoms. The maximum Gasteiger partial charge on any atom is 0.228 e. The number of allylic oxidation sites excluding steroid dienone is 2. The van der Waals surface area contributed by atoms with Gasteiger partial charge in [0.2, 0.25) is 5.91 Å². The summed E-state index contributed by atoms with van der Waals surface area (Å²) in [5, 5.41) is 3.08. The first-order valence-corrected chi connectivity index (χ1v) is 7.88. The number of benzene rings is 1. The maximum atomic E-state index is 12.6. The van der Waals surface area contributed by atoms with E-state index in [4.69, 9.17) is 0 Å². The highest BCUT2D eigenvalue weighted by molar-refractivity contribution is 5.96. The molecule has 1 amide bonds. The minimum Gasteiger partial charge on any atom is -0.377 e. The summed E-state index contributed by atoms with van der Waals surface area (Å²) in [7, 11) is 4.05. The first-order valence-electron chi connectivity index (χ1n) is 7.88. The van der Waals surface area contributed by atoms with E-state index in [1.54, 1.807) is 0 Å². The van der Waals surface area contributed by atoms with Gasteiger partial charge in [-0.3, -0.25) is 4.79 Å². The average Bonchev–Trinajstić information content (AvgIpc) is 2.89. The molecular formula is C19H28N2O. The van der Waals surface area contributed by atoms with E-state index in [9.17, 15) is 4.79 Å². The summed E-state index contributed by atoms with van der Waals surface area (Å²) in [6.07, 6.45) is 2.23. The first-order chi connectivity index (χ1) is 10.1. The van der Waals surface area contributed by atoms with Crippen molar-refractivity contribution in [3.63, 3.8) is 0 Å². The van der Waals surface area contributed by atoms with Gasteiger partial charge in [0, 0.05) is 25.5 Å². The van der Waals surface area contributed by atoms with Crippen LogP contribution in [0, 0.1) is 24.2 Å². The highest BCUT2D eigenvalue weighted by Crippen LogP contribution is 2.59. The SMILES string of the molecule is CC(C)=C[C@@H]1[C@H](C(=O)Nc2ccc(N(C)C)c(C)c2)C1(C)C. The third-order valence-corrected chi connectivity index (χ3v) is 4.65. The average molecular weight is 300 g/mol. The van der Waals surface area contributed by atoms with Crippen molar-refractivity contribution in [3.8, 4) is 0 Å². The third kappa shape index (κ3) is 3.18. The van der Waals surface area contributed by atoms with Gasteiger partial charge >= 0.3 is 0 Å². The van der Waals surface area contributed by atoms with Gasteiger partial charge in [0.15, 0.2) is 0 Å². The highest BCUT2D eigenvalue weighted by atomic mass is 16.2. The normalized spacial score (nSPS) is 22.0. The summed E-state index contributed by atoms with van der Waals surface area (Å²) in [4.78, 5) is 14.6. The van der Waals surface area contributed by atoms with Gasteiger partial charge in [0.25, 0.3) is 0 Å². The van der Waals surface area contributed by atoms with Gasteiger partial charge in [-0.05, 0) is 55.9 Å². The fourth-order valence-corrected chi connectivity index (χ4v) is 3.30. The Labute approximate surface area is 134 Å². The summed E-state index contributed by atoms with van der Waals surface area (Å²) in [6, 6.07) is 6.07. The van der Waals surface area contributed by atoms with E-state index in [-0.39, 0.29) is 17.2 Å². The summed E-state index contributed by atoms with van der Waals surface area (Å²) < 4.78 is 0. The van der Waals surface area contributed by atoms with Crippen LogP contribution in [0.3, 0.4) is 0 Å². The quantitative estimate of drug-likeness (QED) is 0.844. The molecule has 0 saturated heterocycles. The topological polar surface area (TPSA) is 32.3 Å². The number of amides is 1. The molecule has 0 unspecified atom stereocenters. The molecule has 1 fully saturated rings. The molecule has 0 bridgehead atoms. The molecule has 1 aromatic rings. The lowest BCUT2D eigenvalue weighted by Gasteiger charge is -2.16. The van der Waals surface area contributed by atoms with Gasteiger partial charge in [-0.1, -0.05) is 25.5 Å². The second-order valence-electron chi connectivity index (χ2n) is 7.45. The van der Waals surface area contributed by atoms with E-state index in [1.165, 1.54) is 16.8 Å². The molecule has 2 atom stereocenters. The molecule has 22 heavy (non-hydrogen) atoms. The Morgan fingerprint density at radius 1 is 1.27 bits per heavy atom. The van der Waals surface area contributed by atoms with Crippen LogP contribution in [0.2, 0.25) is 0 Å². The molecule has 3 nitrogen and oxygen atoms in total. The monoisotopic (exact) mass is 300 g/mol. The van der Waals surface area contributed by atoms with Crippen LogP contribution >= 0.6 is 0 Å². The number of rotatable bonds is 4. The van der Waals surface area contributed by atoms with Gasteiger partial charge in [-0.15, -0.1) is 0 Å². The Morgan fingerprint density at radius 3 is 2.41 bits per heavy atom. The Bertz CT molecular complexity index is 610. The van der Waals surface area contributed by atoms with E-state index >= 15 is 0 Å². The van der Waals surface area contributed by atoms with Crippen molar-refractivity contribution in [1.29, 1.82) is 0 Å². The van der Waals surface area contributed by atoms with E-state index in [2.05, 4.69) is 57.0 Å². The van der Waals surface area contributed by atoms with Gasteiger partial charge in [-0.25, -0.2) is 0 Å². The van der Waals surface area contributed by atoms with Gasteiger partial charge in [-0.2, -0.15) is 0 Å². The molecule has 1 aliphatic carbocycles. The highest BCUT2D eigenvalue weighted by Gasteiger charge is 2.60. The Balaban J connectivity index is 2.10. The zero-order valence-electron chi connectivity index (χ0n) is 14.8. The van der Waals surface area contributed by atoms with E-state index in [0.717, 1.165) is 5.69 Å². The van der Waals surface area contributed by atoms with Crippen molar-refractivity contribution in [2.75, 3.05) is 24.3 Å². The molecule has 1 aliphatic rings. The first kappa shape index (κ1) is 16.6. The summed E-state index contributed by atoms with van der Waals surface area (Å²) >= 11 is 0. The minimum atomic E-state index is 0.0555. The lowest BCUT2D eigenvalue weighted by atomic mass is 10.1. The number of carbonyl (C=O) groups excluding carboxylic acids is 1. The zero-order chi connectivity index (χ0) is 16.7. The van der Waals surface area contributed by atoms with Crippen molar-refractivity contribution in [2.24, 2.45) is 17.3 Å². The number of carbonyl (C=O) groups is 1. The van der Waals surface area contributed by atoms with E-state index in [1.807, 2.05) is 26.2 Å². The molecule has 0 aromatic heterocycles. The van der Waals surface area contributed by atoms with Crippen molar-refractivity contribution < 1.29 is 4.79 Å². The van der Waals surface area contributed by atoms with Crippen LogP contribution in [0.1, 0.15) is 33.3 Å². The van der Waals surface area contributed by atoms with Crippen LogP contribution in [0.15, 0.2) is 29.8 Å². The van der Waals surface area contributed by atoms with Crippen LogP contribution < -0.4 is 10.2 Å². The largest absolute Gasteiger partial charge is 0.377 e. The van der Waals surface area contributed by atoms with E-state index in [0.29, 0.717) is 5.92 Å². The van der Waals surface area contributed by atoms with Crippen LogP contribution in [0.5, 0.6) is 0 Å². The fraction of sp³-hybridized carbons (Fsp3) is 0.526. The fourth-order valence-electron chi connectivity index (χ4n) is 3.30. The Hall–Kier alpha value is -1.77. The van der Waals surface area contributed by atoms with Gasteiger partial charge < -0.3 is 10.2 Å². The minimum absolute atomic E-state index is 0.0555. The number of nitrogens with one attached hydrogen (secondary N) is 1. The number of aryl methyl sites for hydroxylation is 1. The van der Waals surface area contributed by atoms with Crippen molar-refractivity contribution in [1.82, 2.24) is 0 Å². The lowest BCUT2D eigenvalue weighted by Crippen LogP contribution is -2.17. The van der Waals surface area contributed by atoms with Crippen molar-refractivity contribution >= 4 is 17.3 Å². The number of hydrogen-bond donors (Lipinski definition) is 1. The van der Waals surface area contributed by atoms with Crippen molar-refractivity contribution in [3.05, 3.63) is 35.4 Å². The summed E-state index contributed by atoms with van der Waals surface area (Å²) in [6.45, 7) is 10.6. The number of anilines is 2. The number of hydrogen-bond acceptors (Lipinski definition) is 2. The standard InChI is InChI=1S/C19H28N2O/c1-12(2)10-15-17(19(15,4)5)18(22)20-14-8-9-16(21(6)7)13(3)11-14/h8-11,15,17H,1-7H3,(H,20,22)/t15-,17-/m1/s1. The molecule has 0 heterocycles. The smallest absolute Gasteiger partial charge is 0.228 e. The second-order valence-corrected chi connectivity index (χ2v) is 7.45. The second kappa shape index (κ2) is 5.79. The molecule has 1 N–H and O–H groups in total. The predicted octanol–water partition coefficient (Wildman–Crippen LogP) is 4.24. The molecule has 0 radical (unpaired) electrons. The van der Waals surface area contributed by atoms with Crippen LogP contribution in [-0.2, 0) is 4.79 Å². The molecular weight excluding hydrogens is 272 g/mol. The predicted molar refractivity (Wildman–Crippen MR) is 94.3 cm³/mol. The zero-order valence-corrected chi connectivity index (χ0v) is 14.8. The van der Waals surface area contributed by atoms with Crippen LogP contribution in [0.25, 0.3) is 0 Å². The molecule has 2 rings (SSSR count). The Morgan fingerprint density at radius 2 is 1.91 bits per heavy atom. The van der Waals surface area contributed by atoms with E-state index < -0.39 is 0 Å². The van der Waals surface area contributed by atoms with Crippen molar-refractivity contribution in [2.45, 2.75) is 34.6 Å². The lowest BCUT2D eigenvalue weighted by molar-refractivity contribution is -0.118. The van der Waals surface area contributed by atoms with Gasteiger partial charge in [0.1, 0.15) is 0 Å². The van der Waals surface area contributed by atoms with Crippen LogP contribution in [-0.4, -0.2) is 20.0 Å². The summed E-state index contributed by atoms with van der Waals surface area (Å²) in [5.41, 5.74) is 4.55.